The SMILES string of the molecule is CCCCN1C(=O)C(O)=C(C(=O)c2cc3cccc(OC)c3o2)C1c1ccc(CC)cc1. The molecule has 1 N–H and O–H groups in total. The number of para-hydroxylation sites is 1. The lowest BCUT2D eigenvalue weighted by Crippen LogP contribution is -2.32. The molecule has 0 aliphatic carbocycles. The van der Waals surface area contributed by atoms with E-state index in [1.54, 1.807) is 17.0 Å². The standard InChI is InChI=1S/C26H27NO5/c1-4-6-14-27-22(17-12-10-16(5-2)11-13-17)21(24(29)26(27)30)23(28)20-15-18-8-7-9-19(31-3)25(18)32-20/h7-13,15,22,29H,4-6,14H2,1-3H3. The van der Waals surface area contributed by atoms with Crippen LogP contribution in [0, 0.1) is 0 Å². The van der Waals surface area contributed by atoms with E-state index < -0.39 is 23.5 Å². The molecule has 0 bridgehead atoms. The molecular weight excluding hydrogens is 406 g/mol. The van der Waals surface area contributed by atoms with Gasteiger partial charge in [-0.2, -0.15) is 0 Å². The lowest BCUT2D eigenvalue weighted by Gasteiger charge is -2.26. The van der Waals surface area contributed by atoms with Crippen molar-refractivity contribution in [3.63, 3.8) is 0 Å². The van der Waals surface area contributed by atoms with Crippen LogP contribution < -0.4 is 4.74 Å². The van der Waals surface area contributed by atoms with Crippen LogP contribution in [-0.4, -0.2) is 35.4 Å². The lowest BCUT2D eigenvalue weighted by molar-refractivity contribution is -0.129. The number of aliphatic hydroxyl groups excluding tert-OH is 1. The van der Waals surface area contributed by atoms with E-state index in [0.29, 0.717) is 23.3 Å². The molecule has 6 nitrogen and oxygen atoms in total. The van der Waals surface area contributed by atoms with E-state index in [1.165, 1.54) is 7.11 Å². The number of rotatable bonds is 8. The third kappa shape index (κ3) is 3.66. The average molecular weight is 434 g/mol. The molecule has 1 amide bonds. The summed E-state index contributed by atoms with van der Waals surface area (Å²) in [6.07, 6.45) is 2.54. The number of aryl methyl sites for hydroxylation is 1. The first-order valence-corrected chi connectivity index (χ1v) is 10.9. The molecule has 0 spiro atoms. The fraction of sp³-hybridized carbons (Fsp3) is 0.308. The van der Waals surface area contributed by atoms with Gasteiger partial charge in [0.1, 0.15) is 0 Å². The molecule has 1 aromatic heterocycles. The zero-order valence-electron chi connectivity index (χ0n) is 18.6. The number of aliphatic hydroxyl groups is 1. The highest BCUT2D eigenvalue weighted by Crippen LogP contribution is 2.40. The minimum atomic E-state index is -0.664. The number of carbonyl (C=O) groups is 2. The number of fused-ring (bicyclic) bond motifs is 1. The molecule has 6 heteroatoms. The van der Waals surface area contributed by atoms with E-state index in [1.807, 2.05) is 43.3 Å². The van der Waals surface area contributed by atoms with Crippen molar-refractivity contribution in [3.8, 4) is 5.75 Å². The monoisotopic (exact) mass is 433 g/mol. The van der Waals surface area contributed by atoms with Crippen molar-refractivity contribution in [1.29, 1.82) is 0 Å². The minimum Gasteiger partial charge on any atom is -0.503 e. The summed E-state index contributed by atoms with van der Waals surface area (Å²) in [4.78, 5) is 28.1. The molecule has 2 aromatic carbocycles. The first-order chi connectivity index (χ1) is 15.5. The van der Waals surface area contributed by atoms with Crippen LogP contribution in [0.3, 0.4) is 0 Å². The number of amides is 1. The third-order valence-corrected chi connectivity index (χ3v) is 5.96. The van der Waals surface area contributed by atoms with Gasteiger partial charge in [0.2, 0.25) is 5.78 Å². The molecule has 1 aliphatic heterocycles. The van der Waals surface area contributed by atoms with E-state index in [9.17, 15) is 14.7 Å². The van der Waals surface area contributed by atoms with Crippen LogP contribution in [0.25, 0.3) is 11.0 Å². The van der Waals surface area contributed by atoms with Crippen molar-refractivity contribution >= 4 is 22.7 Å². The Hall–Kier alpha value is -3.54. The fourth-order valence-electron chi connectivity index (χ4n) is 4.17. The third-order valence-electron chi connectivity index (χ3n) is 5.96. The molecular formula is C26H27NO5. The molecule has 0 saturated heterocycles. The molecule has 166 valence electrons. The number of nitrogens with zero attached hydrogens (tertiary/aromatic N) is 1. The average Bonchev–Trinajstić information content (AvgIpc) is 3.37. The van der Waals surface area contributed by atoms with Gasteiger partial charge in [-0.15, -0.1) is 0 Å². The normalized spacial score (nSPS) is 16.3. The molecule has 1 unspecified atom stereocenters. The fourth-order valence-corrected chi connectivity index (χ4v) is 4.17. The summed E-state index contributed by atoms with van der Waals surface area (Å²) in [5.74, 6) is -0.967. The maximum Gasteiger partial charge on any atom is 0.290 e. The molecule has 0 fully saturated rings. The highest BCUT2D eigenvalue weighted by Gasteiger charge is 2.44. The number of unbranched alkanes of at least 4 members (excludes halogenated alkanes) is 1. The van der Waals surface area contributed by atoms with E-state index in [0.717, 1.165) is 30.4 Å². The van der Waals surface area contributed by atoms with E-state index in [4.69, 9.17) is 9.15 Å². The van der Waals surface area contributed by atoms with Crippen molar-refractivity contribution in [2.24, 2.45) is 0 Å². The van der Waals surface area contributed by atoms with Crippen molar-refractivity contribution < 1.29 is 23.8 Å². The number of Topliss-reactive ketones (excluding diaryl/α,β-unsaturated/α-hetero) is 1. The van der Waals surface area contributed by atoms with E-state index in [2.05, 4.69) is 6.92 Å². The molecule has 4 rings (SSSR count). The number of carbonyl (C=O) groups excluding carboxylic acids is 2. The minimum absolute atomic E-state index is 0.0494. The van der Waals surface area contributed by atoms with Gasteiger partial charge in [0, 0.05) is 11.9 Å². The van der Waals surface area contributed by atoms with Crippen molar-refractivity contribution in [1.82, 2.24) is 4.90 Å². The van der Waals surface area contributed by atoms with Crippen LogP contribution in [0.2, 0.25) is 0 Å². The van der Waals surface area contributed by atoms with E-state index in [-0.39, 0.29) is 11.3 Å². The van der Waals surface area contributed by atoms with Gasteiger partial charge >= 0.3 is 0 Å². The van der Waals surface area contributed by atoms with Crippen LogP contribution in [-0.2, 0) is 11.2 Å². The number of hydrogen-bond donors (Lipinski definition) is 1. The van der Waals surface area contributed by atoms with Crippen LogP contribution in [0.4, 0.5) is 0 Å². The van der Waals surface area contributed by atoms with Gasteiger partial charge in [-0.25, -0.2) is 0 Å². The van der Waals surface area contributed by atoms with E-state index >= 15 is 0 Å². The van der Waals surface area contributed by atoms with Gasteiger partial charge in [-0.3, -0.25) is 9.59 Å². The Morgan fingerprint density at radius 1 is 1.16 bits per heavy atom. The Kier molecular flexibility index (Phi) is 6.04. The number of furan rings is 1. The number of ketones is 1. The molecule has 1 aliphatic rings. The zero-order valence-corrected chi connectivity index (χ0v) is 18.6. The van der Waals surface area contributed by atoms with Crippen LogP contribution in [0.15, 0.2) is 64.3 Å². The highest BCUT2D eigenvalue weighted by atomic mass is 16.5. The maximum absolute atomic E-state index is 13.6. The smallest absolute Gasteiger partial charge is 0.290 e. The largest absolute Gasteiger partial charge is 0.503 e. The topological polar surface area (TPSA) is 80.0 Å². The first-order valence-electron chi connectivity index (χ1n) is 10.9. The summed E-state index contributed by atoms with van der Waals surface area (Å²) in [6.45, 7) is 4.55. The van der Waals surface area contributed by atoms with Crippen molar-refractivity contribution in [3.05, 3.63) is 76.8 Å². The second kappa shape index (κ2) is 8.91. The number of methoxy groups -OCH3 is 1. The number of ether oxygens (including phenoxy) is 1. The van der Waals surface area contributed by atoms with Crippen molar-refractivity contribution in [2.45, 2.75) is 39.2 Å². The second-order valence-electron chi connectivity index (χ2n) is 7.93. The highest BCUT2D eigenvalue weighted by molar-refractivity contribution is 6.16. The molecule has 0 radical (unpaired) electrons. The van der Waals surface area contributed by atoms with Gasteiger partial charge in [0.05, 0.1) is 18.7 Å². The summed E-state index contributed by atoms with van der Waals surface area (Å²) in [6, 6.07) is 14.2. The Balaban J connectivity index is 1.80. The quantitative estimate of drug-likeness (QED) is 0.482. The van der Waals surface area contributed by atoms with Gasteiger partial charge in [-0.05, 0) is 36.1 Å². The summed E-state index contributed by atoms with van der Waals surface area (Å²) in [7, 11) is 1.53. The Morgan fingerprint density at radius 2 is 1.91 bits per heavy atom. The predicted octanol–water partition coefficient (Wildman–Crippen LogP) is 5.38. The van der Waals surface area contributed by atoms with Crippen LogP contribution >= 0.6 is 0 Å². The summed E-state index contributed by atoms with van der Waals surface area (Å²) in [5.41, 5.74) is 2.44. The Labute approximate surface area is 187 Å². The molecule has 1 atom stereocenters. The van der Waals surface area contributed by atoms with Crippen LogP contribution in [0.5, 0.6) is 5.75 Å². The second-order valence-corrected chi connectivity index (χ2v) is 7.93. The molecule has 32 heavy (non-hydrogen) atoms. The Morgan fingerprint density at radius 3 is 2.56 bits per heavy atom. The molecule has 0 saturated carbocycles. The summed E-state index contributed by atoms with van der Waals surface area (Å²) in [5, 5.41) is 11.5. The molecule has 3 aromatic rings. The Bertz CT molecular complexity index is 1190. The zero-order chi connectivity index (χ0) is 22.8. The number of hydrogen-bond acceptors (Lipinski definition) is 5. The number of benzene rings is 2. The van der Waals surface area contributed by atoms with Gasteiger partial charge in [-0.1, -0.05) is 56.7 Å². The molecule has 2 heterocycles. The van der Waals surface area contributed by atoms with Gasteiger partial charge < -0.3 is 19.2 Å². The maximum atomic E-state index is 13.6. The summed E-state index contributed by atoms with van der Waals surface area (Å²) < 4.78 is 11.2. The van der Waals surface area contributed by atoms with Gasteiger partial charge in [0.15, 0.2) is 22.9 Å². The predicted molar refractivity (Wildman–Crippen MR) is 122 cm³/mol. The first kappa shape index (κ1) is 21.7. The van der Waals surface area contributed by atoms with Crippen molar-refractivity contribution in [2.75, 3.05) is 13.7 Å². The van der Waals surface area contributed by atoms with Crippen LogP contribution in [0.1, 0.15) is 54.4 Å². The van der Waals surface area contributed by atoms with Gasteiger partial charge in [0.25, 0.3) is 5.91 Å². The summed E-state index contributed by atoms with van der Waals surface area (Å²) >= 11 is 0. The lowest BCUT2D eigenvalue weighted by atomic mass is 9.94.